The first kappa shape index (κ1) is 20.2. The molecule has 9 heteroatoms. The van der Waals surface area contributed by atoms with Crippen LogP contribution in [0, 0.1) is 25.0 Å². The van der Waals surface area contributed by atoms with Crippen molar-refractivity contribution < 1.29 is 9.66 Å². The third-order valence-electron chi connectivity index (χ3n) is 3.84. The fourth-order valence-electron chi connectivity index (χ4n) is 2.42. The molecule has 0 aliphatic heterocycles. The van der Waals surface area contributed by atoms with Crippen LogP contribution in [0.1, 0.15) is 16.7 Å². The summed E-state index contributed by atoms with van der Waals surface area (Å²) in [6.07, 6.45) is 2.99. The molecule has 2 aromatic carbocycles. The molecule has 29 heavy (non-hydrogen) atoms. The van der Waals surface area contributed by atoms with E-state index in [9.17, 15) is 10.1 Å². The molecule has 0 aliphatic rings. The van der Waals surface area contributed by atoms with Crippen LogP contribution in [0.4, 0.5) is 11.5 Å². The fourth-order valence-corrected chi connectivity index (χ4v) is 3.12. The summed E-state index contributed by atoms with van der Waals surface area (Å²) in [7, 11) is 0. The summed E-state index contributed by atoms with van der Waals surface area (Å²) < 4.78 is 6.70. The van der Waals surface area contributed by atoms with Gasteiger partial charge >= 0.3 is 5.69 Å². The number of nitro groups is 1. The van der Waals surface area contributed by atoms with Gasteiger partial charge in [0.1, 0.15) is 12.4 Å². The second-order valence-corrected chi connectivity index (χ2v) is 6.91. The lowest BCUT2D eigenvalue weighted by molar-refractivity contribution is -0.384. The molecular weight excluding hydrogens is 485 g/mol. The Hall–Kier alpha value is -3.52. The van der Waals surface area contributed by atoms with E-state index >= 15 is 0 Å². The second kappa shape index (κ2) is 9.61. The van der Waals surface area contributed by atoms with E-state index in [-0.39, 0.29) is 18.1 Å². The van der Waals surface area contributed by atoms with Gasteiger partial charge in [-0.1, -0.05) is 18.2 Å². The molecule has 0 aliphatic carbocycles. The van der Waals surface area contributed by atoms with Crippen molar-refractivity contribution in [2.45, 2.75) is 6.61 Å². The molecule has 0 radical (unpaired) electrons. The van der Waals surface area contributed by atoms with Crippen LogP contribution in [-0.2, 0) is 6.61 Å². The molecule has 1 N–H and O–H groups in total. The number of nitrogens with one attached hydrogen (secondary N) is 1. The van der Waals surface area contributed by atoms with Gasteiger partial charge in [-0.15, -0.1) is 0 Å². The maximum absolute atomic E-state index is 11.0. The van der Waals surface area contributed by atoms with Gasteiger partial charge in [-0.2, -0.15) is 10.4 Å². The number of rotatable bonds is 7. The Morgan fingerprint density at radius 2 is 2.10 bits per heavy atom. The molecule has 0 unspecified atom stereocenters. The first-order valence-corrected chi connectivity index (χ1v) is 9.45. The van der Waals surface area contributed by atoms with E-state index in [0.29, 0.717) is 11.3 Å². The zero-order valence-corrected chi connectivity index (χ0v) is 17.1. The van der Waals surface area contributed by atoms with Gasteiger partial charge in [-0.25, -0.2) is 4.98 Å². The fraction of sp³-hybridized carbons (Fsp3) is 0.0500. The van der Waals surface area contributed by atoms with Gasteiger partial charge in [0.25, 0.3) is 0 Å². The minimum atomic E-state index is -0.523. The molecule has 8 nitrogen and oxygen atoms in total. The van der Waals surface area contributed by atoms with Crippen LogP contribution < -0.4 is 10.2 Å². The molecule has 1 aromatic heterocycles. The monoisotopic (exact) mass is 499 g/mol. The third kappa shape index (κ3) is 5.26. The lowest BCUT2D eigenvalue weighted by Crippen LogP contribution is -2.00. The van der Waals surface area contributed by atoms with Crippen LogP contribution in [0.15, 0.2) is 65.9 Å². The Bertz CT molecular complexity index is 1110. The third-order valence-corrected chi connectivity index (χ3v) is 4.69. The van der Waals surface area contributed by atoms with Crippen molar-refractivity contribution in [1.29, 1.82) is 5.26 Å². The maximum Gasteiger partial charge on any atom is 0.313 e. The van der Waals surface area contributed by atoms with Crippen LogP contribution in [0.5, 0.6) is 5.75 Å². The molecule has 0 atom stereocenters. The predicted octanol–water partition coefficient (Wildman–Crippen LogP) is 4.49. The molecule has 1 heterocycles. The summed E-state index contributed by atoms with van der Waals surface area (Å²) in [6, 6.07) is 17.8. The number of pyridine rings is 1. The van der Waals surface area contributed by atoms with E-state index < -0.39 is 4.92 Å². The molecule has 3 aromatic rings. The number of aromatic nitrogens is 1. The minimum absolute atomic E-state index is 0.0690. The molecular formula is C20H14IN5O3. The zero-order valence-electron chi connectivity index (χ0n) is 14.9. The van der Waals surface area contributed by atoms with Crippen LogP contribution >= 0.6 is 22.6 Å². The molecule has 0 saturated heterocycles. The summed E-state index contributed by atoms with van der Waals surface area (Å²) in [5.41, 5.74) is 4.62. The molecule has 3 rings (SSSR count). The van der Waals surface area contributed by atoms with E-state index in [1.54, 1.807) is 12.1 Å². The van der Waals surface area contributed by atoms with Crippen LogP contribution in [0.2, 0.25) is 0 Å². The highest BCUT2D eigenvalue weighted by Gasteiger charge is 2.13. The minimum Gasteiger partial charge on any atom is -0.488 e. The van der Waals surface area contributed by atoms with Gasteiger partial charge < -0.3 is 4.74 Å². The quantitative estimate of drug-likeness (QED) is 0.222. The molecule has 0 spiro atoms. The number of nitrogens with zero attached hydrogens (tertiary/aromatic N) is 4. The average molecular weight is 499 g/mol. The molecule has 144 valence electrons. The van der Waals surface area contributed by atoms with E-state index in [1.165, 1.54) is 24.5 Å². The summed E-state index contributed by atoms with van der Waals surface area (Å²) in [6.45, 7) is 0.290. The van der Waals surface area contributed by atoms with E-state index in [4.69, 9.17) is 10.00 Å². The van der Waals surface area contributed by atoms with Gasteiger partial charge in [0.2, 0.25) is 5.82 Å². The first-order valence-electron chi connectivity index (χ1n) is 8.37. The van der Waals surface area contributed by atoms with Crippen LogP contribution in [0.25, 0.3) is 0 Å². The van der Waals surface area contributed by atoms with Crippen LogP contribution in [-0.4, -0.2) is 16.1 Å². The molecule has 0 amide bonds. The van der Waals surface area contributed by atoms with Gasteiger partial charge in [0.15, 0.2) is 0 Å². The average Bonchev–Trinajstić information content (AvgIpc) is 2.73. The van der Waals surface area contributed by atoms with Gasteiger partial charge in [-0.05, 0) is 58.5 Å². The highest BCUT2D eigenvalue weighted by Crippen LogP contribution is 2.24. The summed E-state index contributed by atoms with van der Waals surface area (Å²) in [5, 5.41) is 24.2. The Morgan fingerprint density at radius 1 is 1.28 bits per heavy atom. The maximum atomic E-state index is 11.0. The van der Waals surface area contributed by atoms with Crippen molar-refractivity contribution in [3.05, 3.63) is 91.2 Å². The Balaban J connectivity index is 1.66. The van der Waals surface area contributed by atoms with Gasteiger partial charge in [-0.3, -0.25) is 15.5 Å². The van der Waals surface area contributed by atoms with Crippen molar-refractivity contribution in [3.63, 3.8) is 0 Å². The van der Waals surface area contributed by atoms with Crippen molar-refractivity contribution in [1.82, 2.24) is 4.98 Å². The second-order valence-electron chi connectivity index (χ2n) is 5.75. The van der Waals surface area contributed by atoms with E-state index in [2.05, 4.69) is 44.2 Å². The largest absolute Gasteiger partial charge is 0.488 e. The Morgan fingerprint density at radius 3 is 2.86 bits per heavy atom. The van der Waals surface area contributed by atoms with Crippen molar-refractivity contribution >= 4 is 40.3 Å². The Labute approximate surface area is 180 Å². The van der Waals surface area contributed by atoms with Crippen molar-refractivity contribution in [2.24, 2.45) is 5.10 Å². The normalized spacial score (nSPS) is 10.5. The summed E-state index contributed by atoms with van der Waals surface area (Å²) >= 11 is 2.15. The number of ether oxygens (including phenoxy) is 1. The SMILES string of the molecule is N#Cc1ccccc1COc1ccc(/C=N\Nc2ncccc2[N+](=O)[O-])cc1I. The number of nitriles is 1. The molecule has 0 saturated carbocycles. The lowest BCUT2D eigenvalue weighted by Gasteiger charge is -2.10. The number of halogens is 1. The molecule has 0 bridgehead atoms. The number of hydrogen-bond donors (Lipinski definition) is 1. The van der Waals surface area contributed by atoms with E-state index in [1.807, 2.05) is 30.3 Å². The highest BCUT2D eigenvalue weighted by molar-refractivity contribution is 14.1. The van der Waals surface area contributed by atoms with Crippen LogP contribution in [0.3, 0.4) is 0 Å². The van der Waals surface area contributed by atoms with Crippen molar-refractivity contribution in [3.8, 4) is 11.8 Å². The standard InChI is InChI=1S/C20H14IN5O3/c21-17-10-14(12-24-25-20-18(26(27)28)6-3-9-23-20)7-8-19(17)29-13-16-5-2-1-4-15(16)11-22/h1-10,12H,13H2,(H,23,25)/b24-12-. The smallest absolute Gasteiger partial charge is 0.313 e. The highest BCUT2D eigenvalue weighted by atomic mass is 127. The number of benzene rings is 2. The lowest BCUT2D eigenvalue weighted by atomic mass is 10.1. The zero-order chi connectivity index (χ0) is 20.6. The van der Waals surface area contributed by atoms with Crippen molar-refractivity contribution in [2.75, 3.05) is 5.43 Å². The predicted molar refractivity (Wildman–Crippen MR) is 117 cm³/mol. The molecule has 0 fully saturated rings. The number of hydrogen-bond acceptors (Lipinski definition) is 7. The number of anilines is 1. The Kier molecular flexibility index (Phi) is 6.70. The first-order chi connectivity index (χ1) is 14.1. The van der Waals surface area contributed by atoms with Gasteiger partial charge in [0, 0.05) is 17.8 Å². The van der Waals surface area contributed by atoms with Gasteiger partial charge in [0.05, 0.1) is 26.3 Å². The summed E-state index contributed by atoms with van der Waals surface area (Å²) in [5.74, 6) is 0.753. The summed E-state index contributed by atoms with van der Waals surface area (Å²) in [4.78, 5) is 14.4. The topological polar surface area (TPSA) is 113 Å². The number of hydrazone groups is 1. The van der Waals surface area contributed by atoms with E-state index in [0.717, 1.165) is 14.7 Å².